The van der Waals surface area contributed by atoms with Crippen LogP contribution in [0.2, 0.25) is 0 Å². The van der Waals surface area contributed by atoms with Crippen LogP contribution >= 0.6 is 45.2 Å². The first-order valence-electron chi connectivity index (χ1n) is 5.14. The third-order valence-electron chi connectivity index (χ3n) is 2.07. The van der Waals surface area contributed by atoms with Crippen LogP contribution in [0.3, 0.4) is 0 Å². The molecule has 0 aliphatic carbocycles. The number of benzene rings is 1. The van der Waals surface area contributed by atoms with Gasteiger partial charge in [0.25, 0.3) is 0 Å². The van der Waals surface area contributed by atoms with Crippen molar-refractivity contribution in [2.75, 3.05) is 4.43 Å². The molecule has 0 aliphatic rings. The normalized spacial score (nSPS) is 12.1. The van der Waals surface area contributed by atoms with Crippen LogP contribution in [-0.2, 0) is 16.1 Å². The maximum atomic E-state index is 11.6. The minimum atomic E-state index is -0.102. The van der Waals surface area contributed by atoms with E-state index in [1.54, 1.807) is 0 Å². The molecular formula is C12H14I2O2. The van der Waals surface area contributed by atoms with Crippen molar-refractivity contribution in [2.24, 2.45) is 0 Å². The number of hydrogen-bond acceptors (Lipinski definition) is 2. The van der Waals surface area contributed by atoms with Crippen molar-refractivity contribution in [1.82, 2.24) is 0 Å². The van der Waals surface area contributed by atoms with Gasteiger partial charge in [-0.1, -0.05) is 75.5 Å². The summed E-state index contributed by atoms with van der Waals surface area (Å²) in [6, 6.07) is 9.76. The zero-order valence-electron chi connectivity index (χ0n) is 8.86. The van der Waals surface area contributed by atoms with Gasteiger partial charge in [0.05, 0.1) is 0 Å². The summed E-state index contributed by atoms with van der Waals surface area (Å²) in [6.07, 6.45) is 1.96. The largest absolute Gasteiger partial charge is 0.460 e. The molecule has 88 valence electrons. The minimum absolute atomic E-state index is 0.0175. The van der Waals surface area contributed by atoms with Crippen molar-refractivity contribution in [3.8, 4) is 0 Å². The van der Waals surface area contributed by atoms with Crippen LogP contribution in [0.15, 0.2) is 30.3 Å². The molecule has 2 nitrogen and oxygen atoms in total. The van der Waals surface area contributed by atoms with Gasteiger partial charge in [-0.05, 0) is 22.8 Å². The molecule has 1 rings (SSSR count). The molecule has 1 unspecified atom stereocenters. The molecule has 0 saturated carbocycles. The first-order chi connectivity index (χ1) is 7.74. The fraction of sp³-hybridized carbons (Fsp3) is 0.417. The number of carbonyl (C=O) groups is 1. The number of rotatable bonds is 6. The molecular weight excluding hydrogens is 430 g/mol. The molecule has 1 aromatic rings. The number of halogens is 2. The molecule has 0 aromatic heterocycles. The van der Waals surface area contributed by atoms with E-state index in [0.29, 0.717) is 6.61 Å². The van der Waals surface area contributed by atoms with Crippen LogP contribution in [-0.4, -0.2) is 14.3 Å². The van der Waals surface area contributed by atoms with Crippen LogP contribution in [0.1, 0.15) is 18.4 Å². The number of hydrogen-bond donors (Lipinski definition) is 0. The molecule has 0 N–H and O–H groups in total. The van der Waals surface area contributed by atoms with Gasteiger partial charge in [0, 0.05) is 0 Å². The quantitative estimate of drug-likeness (QED) is 0.380. The van der Waals surface area contributed by atoms with Crippen molar-refractivity contribution >= 4 is 51.2 Å². The van der Waals surface area contributed by atoms with Crippen LogP contribution in [0.5, 0.6) is 0 Å². The number of carbonyl (C=O) groups excluding carboxylic acids is 1. The molecule has 0 heterocycles. The van der Waals surface area contributed by atoms with Gasteiger partial charge in [0.2, 0.25) is 0 Å². The molecule has 4 heteroatoms. The Balaban J connectivity index is 2.29. The second kappa shape index (κ2) is 8.27. The standard InChI is InChI=1S/C12H14I2O2/c13-8-4-7-11(14)12(15)16-9-10-5-2-1-3-6-10/h1-3,5-6,11H,4,7-9H2. The molecule has 1 aromatic carbocycles. The lowest BCUT2D eigenvalue weighted by Gasteiger charge is -2.09. The lowest BCUT2D eigenvalue weighted by atomic mass is 10.2. The van der Waals surface area contributed by atoms with Gasteiger partial charge in [0.1, 0.15) is 10.5 Å². The van der Waals surface area contributed by atoms with Gasteiger partial charge >= 0.3 is 5.97 Å². The van der Waals surface area contributed by atoms with E-state index in [1.165, 1.54) is 0 Å². The van der Waals surface area contributed by atoms with Crippen molar-refractivity contribution in [2.45, 2.75) is 23.4 Å². The molecule has 0 amide bonds. The van der Waals surface area contributed by atoms with Gasteiger partial charge in [-0.15, -0.1) is 0 Å². The summed E-state index contributed by atoms with van der Waals surface area (Å²) in [6.45, 7) is 0.378. The topological polar surface area (TPSA) is 26.3 Å². The van der Waals surface area contributed by atoms with Crippen molar-refractivity contribution in [3.05, 3.63) is 35.9 Å². The van der Waals surface area contributed by atoms with Gasteiger partial charge in [-0.3, -0.25) is 4.79 Å². The minimum Gasteiger partial charge on any atom is -0.460 e. The molecule has 16 heavy (non-hydrogen) atoms. The SMILES string of the molecule is O=C(OCc1ccccc1)C(I)CCCI. The van der Waals surface area contributed by atoms with Gasteiger partial charge in [-0.2, -0.15) is 0 Å². The van der Waals surface area contributed by atoms with Crippen LogP contribution in [0, 0.1) is 0 Å². The average Bonchev–Trinajstić information content (AvgIpc) is 2.34. The predicted molar refractivity (Wildman–Crippen MR) is 82.2 cm³/mol. The van der Waals surface area contributed by atoms with Crippen LogP contribution in [0.25, 0.3) is 0 Å². The second-order valence-corrected chi connectivity index (χ2v) is 5.97. The molecule has 0 bridgehead atoms. The number of esters is 1. The van der Waals surface area contributed by atoms with Crippen molar-refractivity contribution < 1.29 is 9.53 Å². The van der Waals surface area contributed by atoms with E-state index in [9.17, 15) is 4.79 Å². The predicted octanol–water partition coefficient (Wildman–Crippen LogP) is 3.75. The smallest absolute Gasteiger partial charge is 0.319 e. The zero-order chi connectivity index (χ0) is 11.8. The lowest BCUT2D eigenvalue weighted by Crippen LogP contribution is -2.17. The Morgan fingerprint density at radius 2 is 2.00 bits per heavy atom. The summed E-state index contributed by atoms with van der Waals surface area (Å²) >= 11 is 4.48. The summed E-state index contributed by atoms with van der Waals surface area (Å²) < 4.78 is 6.31. The molecule has 0 saturated heterocycles. The van der Waals surface area contributed by atoms with Crippen LogP contribution < -0.4 is 0 Å². The summed E-state index contributed by atoms with van der Waals surface area (Å²) in [5, 5.41) is 0. The van der Waals surface area contributed by atoms with E-state index < -0.39 is 0 Å². The Morgan fingerprint density at radius 3 is 2.62 bits per heavy atom. The zero-order valence-corrected chi connectivity index (χ0v) is 13.2. The fourth-order valence-electron chi connectivity index (χ4n) is 1.19. The third kappa shape index (κ3) is 5.47. The van der Waals surface area contributed by atoms with E-state index in [-0.39, 0.29) is 9.89 Å². The molecule has 1 atom stereocenters. The van der Waals surface area contributed by atoms with E-state index >= 15 is 0 Å². The van der Waals surface area contributed by atoms with Gasteiger partial charge in [-0.25, -0.2) is 0 Å². The number of ether oxygens (including phenoxy) is 1. The summed E-state index contributed by atoms with van der Waals surface area (Å²) in [5.74, 6) is -0.102. The average molecular weight is 444 g/mol. The highest BCUT2D eigenvalue weighted by molar-refractivity contribution is 14.1. The molecule has 0 radical (unpaired) electrons. The lowest BCUT2D eigenvalue weighted by molar-refractivity contribution is -0.143. The summed E-state index contributed by atoms with van der Waals surface area (Å²) in [5.41, 5.74) is 1.04. The third-order valence-corrected chi connectivity index (χ3v) is 3.97. The highest BCUT2D eigenvalue weighted by Crippen LogP contribution is 2.13. The van der Waals surface area contributed by atoms with Gasteiger partial charge < -0.3 is 4.74 Å². The highest BCUT2D eigenvalue weighted by atomic mass is 127. The van der Waals surface area contributed by atoms with Crippen molar-refractivity contribution in [1.29, 1.82) is 0 Å². The van der Waals surface area contributed by atoms with E-state index in [1.807, 2.05) is 30.3 Å². The van der Waals surface area contributed by atoms with Crippen molar-refractivity contribution in [3.63, 3.8) is 0 Å². The Bertz CT molecular complexity index is 314. The molecule has 0 aliphatic heterocycles. The maximum Gasteiger partial charge on any atom is 0.319 e. The molecule has 0 fully saturated rings. The van der Waals surface area contributed by atoms with Gasteiger partial charge in [0.15, 0.2) is 0 Å². The Morgan fingerprint density at radius 1 is 1.31 bits per heavy atom. The van der Waals surface area contributed by atoms with E-state index in [0.717, 1.165) is 22.8 Å². The first kappa shape index (κ1) is 14.2. The van der Waals surface area contributed by atoms with E-state index in [4.69, 9.17) is 4.74 Å². The number of alkyl halides is 2. The maximum absolute atomic E-state index is 11.6. The Hall–Kier alpha value is 0.150. The second-order valence-electron chi connectivity index (χ2n) is 3.39. The first-order valence-corrected chi connectivity index (χ1v) is 7.91. The highest BCUT2D eigenvalue weighted by Gasteiger charge is 2.15. The summed E-state index contributed by atoms with van der Waals surface area (Å²) in [7, 11) is 0. The van der Waals surface area contributed by atoms with E-state index in [2.05, 4.69) is 45.2 Å². The summed E-state index contributed by atoms with van der Waals surface area (Å²) in [4.78, 5) is 11.6. The Labute approximate surface area is 123 Å². The fourth-order valence-corrected chi connectivity index (χ4v) is 2.25. The monoisotopic (exact) mass is 444 g/mol. The molecule has 0 spiro atoms. The Kier molecular flexibility index (Phi) is 7.35. The van der Waals surface area contributed by atoms with Crippen LogP contribution in [0.4, 0.5) is 0 Å².